The second kappa shape index (κ2) is 6.95. The van der Waals surface area contributed by atoms with Crippen molar-refractivity contribution in [2.45, 2.75) is 34.7 Å². The molecular formula is C14H21NO5S. The second-order valence-corrected chi connectivity index (χ2v) is 6.38. The van der Waals surface area contributed by atoms with Crippen LogP contribution >= 0.6 is 11.8 Å². The van der Waals surface area contributed by atoms with Crippen LogP contribution in [0.1, 0.15) is 0 Å². The van der Waals surface area contributed by atoms with Crippen molar-refractivity contribution in [3.63, 3.8) is 0 Å². The van der Waals surface area contributed by atoms with Gasteiger partial charge in [-0.05, 0) is 24.3 Å². The summed E-state index contributed by atoms with van der Waals surface area (Å²) in [5.74, 6) is 0. The van der Waals surface area contributed by atoms with E-state index >= 15 is 0 Å². The summed E-state index contributed by atoms with van der Waals surface area (Å²) < 4.78 is 5.45. The Morgan fingerprint density at radius 3 is 2.19 bits per heavy atom. The van der Waals surface area contributed by atoms with E-state index in [4.69, 9.17) is 9.84 Å². The predicted octanol–water partition coefficient (Wildman–Crippen LogP) is -0.355. The van der Waals surface area contributed by atoms with Crippen molar-refractivity contribution in [1.82, 2.24) is 0 Å². The first kappa shape index (κ1) is 16.5. The van der Waals surface area contributed by atoms with Crippen LogP contribution in [0.5, 0.6) is 0 Å². The highest BCUT2D eigenvalue weighted by atomic mass is 32.2. The van der Waals surface area contributed by atoms with Gasteiger partial charge in [-0.15, -0.1) is 0 Å². The number of rotatable bonds is 4. The van der Waals surface area contributed by atoms with Crippen molar-refractivity contribution in [3.05, 3.63) is 24.3 Å². The number of ether oxygens (including phenoxy) is 1. The number of aliphatic hydroxyl groups is 4. The maximum atomic E-state index is 9.98. The molecule has 0 unspecified atom stereocenters. The lowest BCUT2D eigenvalue weighted by Crippen LogP contribution is -2.57. The van der Waals surface area contributed by atoms with Gasteiger partial charge in [0, 0.05) is 24.7 Å². The number of hydrogen-bond donors (Lipinski definition) is 4. The van der Waals surface area contributed by atoms with E-state index in [0.29, 0.717) is 0 Å². The van der Waals surface area contributed by atoms with Gasteiger partial charge in [0.05, 0.1) is 6.61 Å². The van der Waals surface area contributed by atoms with Gasteiger partial charge in [0.1, 0.15) is 29.9 Å². The van der Waals surface area contributed by atoms with Gasteiger partial charge in [-0.3, -0.25) is 0 Å². The molecule has 1 saturated heterocycles. The lowest BCUT2D eigenvalue weighted by atomic mass is 10.0. The average molecular weight is 315 g/mol. The maximum Gasteiger partial charge on any atom is 0.136 e. The first-order valence-electron chi connectivity index (χ1n) is 6.68. The summed E-state index contributed by atoms with van der Waals surface area (Å²) in [6.45, 7) is -0.415. The molecule has 6 nitrogen and oxygen atoms in total. The molecule has 1 fully saturated rings. The number of benzene rings is 1. The lowest BCUT2D eigenvalue weighted by Gasteiger charge is -2.39. The molecule has 1 aliphatic heterocycles. The molecule has 0 bridgehead atoms. The van der Waals surface area contributed by atoms with Crippen molar-refractivity contribution in [2.75, 3.05) is 25.6 Å². The highest BCUT2D eigenvalue weighted by molar-refractivity contribution is 7.99. The van der Waals surface area contributed by atoms with E-state index < -0.39 is 36.5 Å². The third kappa shape index (κ3) is 3.68. The average Bonchev–Trinajstić information content (AvgIpc) is 2.48. The fourth-order valence-corrected chi connectivity index (χ4v) is 3.18. The van der Waals surface area contributed by atoms with Crippen LogP contribution in [-0.2, 0) is 4.74 Å². The third-order valence-electron chi connectivity index (χ3n) is 3.45. The van der Waals surface area contributed by atoms with Crippen molar-refractivity contribution in [3.8, 4) is 0 Å². The molecule has 1 aromatic rings. The smallest absolute Gasteiger partial charge is 0.136 e. The molecule has 2 rings (SSSR count). The van der Waals surface area contributed by atoms with Gasteiger partial charge >= 0.3 is 0 Å². The number of nitrogens with zero attached hydrogens (tertiary/aromatic N) is 1. The molecule has 21 heavy (non-hydrogen) atoms. The zero-order valence-electron chi connectivity index (χ0n) is 12.0. The summed E-state index contributed by atoms with van der Waals surface area (Å²) in [7, 11) is 3.89. The van der Waals surface area contributed by atoms with Gasteiger partial charge < -0.3 is 30.1 Å². The fourth-order valence-electron chi connectivity index (χ4n) is 2.12. The largest absolute Gasteiger partial charge is 0.394 e. The topological polar surface area (TPSA) is 93.4 Å². The number of anilines is 1. The van der Waals surface area contributed by atoms with Crippen LogP contribution in [0.3, 0.4) is 0 Å². The zero-order chi connectivity index (χ0) is 15.6. The molecule has 4 N–H and O–H groups in total. The first-order valence-corrected chi connectivity index (χ1v) is 7.56. The van der Waals surface area contributed by atoms with Crippen molar-refractivity contribution < 1.29 is 25.2 Å². The number of aliphatic hydroxyl groups excluding tert-OH is 4. The quantitative estimate of drug-likeness (QED) is 0.603. The minimum absolute atomic E-state index is 0.415. The van der Waals surface area contributed by atoms with Crippen molar-refractivity contribution in [1.29, 1.82) is 0 Å². The first-order chi connectivity index (χ1) is 9.93. The summed E-state index contributed by atoms with van der Waals surface area (Å²) >= 11 is 1.25. The van der Waals surface area contributed by atoms with Crippen LogP contribution in [0, 0.1) is 0 Å². The highest BCUT2D eigenvalue weighted by Crippen LogP contribution is 2.33. The summed E-state index contributed by atoms with van der Waals surface area (Å²) in [6, 6.07) is 7.65. The minimum Gasteiger partial charge on any atom is -0.394 e. The molecule has 5 atom stereocenters. The molecular weight excluding hydrogens is 294 g/mol. The molecule has 1 heterocycles. The van der Waals surface area contributed by atoms with Crippen LogP contribution in [0.15, 0.2) is 29.2 Å². The summed E-state index contributed by atoms with van der Waals surface area (Å²) in [4.78, 5) is 2.84. The molecule has 7 heteroatoms. The predicted molar refractivity (Wildman–Crippen MR) is 80.4 cm³/mol. The summed E-state index contributed by atoms with van der Waals surface area (Å²) in [6.07, 6.45) is -4.75. The van der Waals surface area contributed by atoms with E-state index in [1.54, 1.807) is 0 Å². The van der Waals surface area contributed by atoms with E-state index in [0.717, 1.165) is 10.6 Å². The Morgan fingerprint density at radius 2 is 1.67 bits per heavy atom. The summed E-state index contributed by atoms with van der Waals surface area (Å²) in [5.41, 5.74) is 0.305. The molecule has 1 aromatic carbocycles. The fraction of sp³-hybridized carbons (Fsp3) is 0.571. The Hall–Kier alpha value is -0.830. The van der Waals surface area contributed by atoms with E-state index in [9.17, 15) is 15.3 Å². The molecule has 118 valence electrons. The normalized spacial score (nSPS) is 33.0. The standard InChI is InChI=1S/C14H21NO5S/c1-15(2)8-3-5-9(6-4-8)21-14-13(19)12(18)11(17)10(7-16)20-14/h3-6,10-14,16-19H,7H2,1-2H3/t10-,11+,12+,13+,14+/m0/s1. The van der Waals surface area contributed by atoms with Crippen LogP contribution in [0.25, 0.3) is 0 Å². The highest BCUT2D eigenvalue weighted by Gasteiger charge is 2.43. The molecule has 0 aliphatic carbocycles. The molecule has 0 saturated carbocycles. The van der Waals surface area contributed by atoms with Gasteiger partial charge in [0.15, 0.2) is 0 Å². The van der Waals surface area contributed by atoms with Crippen LogP contribution < -0.4 is 4.90 Å². The summed E-state index contributed by atoms with van der Waals surface area (Å²) in [5, 5.41) is 38.6. The Balaban J connectivity index is 2.07. The van der Waals surface area contributed by atoms with Gasteiger partial charge in [0.25, 0.3) is 0 Å². The molecule has 0 aromatic heterocycles. The molecule has 0 spiro atoms. The molecule has 0 amide bonds. The van der Waals surface area contributed by atoms with Crippen molar-refractivity contribution >= 4 is 17.4 Å². The Morgan fingerprint density at radius 1 is 1.05 bits per heavy atom. The van der Waals surface area contributed by atoms with Crippen LogP contribution in [0.4, 0.5) is 5.69 Å². The number of hydrogen-bond acceptors (Lipinski definition) is 7. The lowest BCUT2D eigenvalue weighted by molar-refractivity contribution is -0.205. The molecule has 0 radical (unpaired) electrons. The maximum absolute atomic E-state index is 9.98. The van der Waals surface area contributed by atoms with E-state index in [1.165, 1.54) is 11.8 Å². The monoisotopic (exact) mass is 315 g/mol. The van der Waals surface area contributed by atoms with Gasteiger partial charge in [0.2, 0.25) is 0 Å². The van der Waals surface area contributed by atoms with E-state index in [1.807, 2.05) is 43.3 Å². The van der Waals surface area contributed by atoms with Crippen LogP contribution in [-0.4, -0.2) is 71.0 Å². The number of thioether (sulfide) groups is 1. The molecule has 1 aliphatic rings. The van der Waals surface area contributed by atoms with Crippen molar-refractivity contribution in [2.24, 2.45) is 0 Å². The SMILES string of the molecule is CN(C)c1ccc(S[C@H]2O[C@@H](CO)[C@@H](O)[C@@H](O)[C@H]2O)cc1. The second-order valence-electron chi connectivity index (χ2n) is 5.20. The zero-order valence-corrected chi connectivity index (χ0v) is 12.8. The Labute approximate surface area is 128 Å². The minimum atomic E-state index is -1.34. The van der Waals surface area contributed by atoms with Crippen LogP contribution in [0.2, 0.25) is 0 Å². The van der Waals surface area contributed by atoms with Gasteiger partial charge in [-0.1, -0.05) is 11.8 Å². The van der Waals surface area contributed by atoms with E-state index in [2.05, 4.69) is 0 Å². The van der Waals surface area contributed by atoms with E-state index in [-0.39, 0.29) is 0 Å². The Kier molecular flexibility index (Phi) is 5.48. The van der Waals surface area contributed by atoms with Gasteiger partial charge in [-0.25, -0.2) is 0 Å². The van der Waals surface area contributed by atoms with Gasteiger partial charge in [-0.2, -0.15) is 0 Å². The Bertz CT molecular complexity index is 453. The third-order valence-corrected chi connectivity index (χ3v) is 4.62.